The number of nitrogens with zero attached hydrogens (tertiary/aromatic N) is 5. The summed E-state index contributed by atoms with van der Waals surface area (Å²) in [6.45, 7) is 2.97. The van der Waals surface area contributed by atoms with Crippen LogP contribution in [0, 0.1) is 0 Å². The van der Waals surface area contributed by atoms with Gasteiger partial charge in [-0.15, -0.1) is 10.2 Å². The number of halogens is 1. The Balaban J connectivity index is 1.38. The number of anilines is 1. The van der Waals surface area contributed by atoms with Crippen LogP contribution in [0.15, 0.2) is 70.3 Å². The zero-order valence-corrected chi connectivity index (χ0v) is 18.2. The van der Waals surface area contributed by atoms with Crippen LogP contribution in [0.2, 0.25) is 5.02 Å². The van der Waals surface area contributed by atoms with Crippen molar-refractivity contribution in [1.82, 2.24) is 19.9 Å². The predicted octanol–water partition coefficient (Wildman–Crippen LogP) is 4.70. The predicted molar refractivity (Wildman–Crippen MR) is 121 cm³/mol. The Morgan fingerprint density at radius 3 is 2.52 bits per heavy atom. The van der Waals surface area contributed by atoms with E-state index in [1.54, 1.807) is 11.8 Å². The molecule has 0 N–H and O–H groups in total. The number of para-hydroxylation sites is 1. The summed E-state index contributed by atoms with van der Waals surface area (Å²) in [5, 5.41) is 14.7. The van der Waals surface area contributed by atoms with Gasteiger partial charge in [-0.3, -0.25) is 4.57 Å². The third-order valence-corrected chi connectivity index (χ3v) is 6.17. The normalized spacial score (nSPS) is 14.2. The van der Waals surface area contributed by atoms with E-state index in [0.717, 1.165) is 46.9 Å². The Labute approximate surface area is 189 Å². The highest BCUT2D eigenvalue weighted by Crippen LogP contribution is 2.30. The maximum atomic E-state index is 5.97. The number of ether oxygens (including phenoxy) is 1. The molecule has 0 radical (unpaired) electrons. The monoisotopic (exact) mass is 453 g/mol. The molecule has 0 unspecified atom stereocenters. The molecular formula is C22H20ClN5O2S. The van der Waals surface area contributed by atoms with Crippen molar-refractivity contribution >= 4 is 29.3 Å². The average molecular weight is 454 g/mol. The molecular weight excluding hydrogens is 434 g/mol. The van der Waals surface area contributed by atoms with Gasteiger partial charge in [0.25, 0.3) is 0 Å². The zero-order valence-electron chi connectivity index (χ0n) is 16.6. The first kappa shape index (κ1) is 20.1. The van der Waals surface area contributed by atoms with Gasteiger partial charge in [0.15, 0.2) is 5.16 Å². The van der Waals surface area contributed by atoms with E-state index < -0.39 is 0 Å². The van der Waals surface area contributed by atoms with Crippen LogP contribution >= 0.6 is 23.4 Å². The Hall–Kier alpha value is -2.81. The largest absolute Gasteiger partial charge is 0.378 e. The summed E-state index contributed by atoms with van der Waals surface area (Å²) < 4.78 is 13.1. The fraction of sp³-hybridized carbons (Fsp3) is 0.227. The Kier molecular flexibility index (Phi) is 5.93. The number of rotatable bonds is 6. The standard InChI is InChI=1S/C22H20ClN5O2S/c23-17-8-6-16(7-9-17)20-14-19(30-26-20)15-31-22-25-24-21(27-10-12-29-13-11-27)28(22)18-4-2-1-3-5-18/h1-9,14H,10-13,15H2. The first-order valence-electron chi connectivity index (χ1n) is 9.96. The van der Waals surface area contributed by atoms with E-state index in [2.05, 4.69) is 37.0 Å². The van der Waals surface area contributed by atoms with E-state index in [-0.39, 0.29) is 0 Å². The maximum Gasteiger partial charge on any atom is 0.232 e. The lowest BCUT2D eigenvalue weighted by Gasteiger charge is -2.27. The highest BCUT2D eigenvalue weighted by molar-refractivity contribution is 7.98. The number of hydrogen-bond donors (Lipinski definition) is 0. The van der Waals surface area contributed by atoms with Crippen molar-refractivity contribution < 1.29 is 9.26 Å². The van der Waals surface area contributed by atoms with Crippen molar-refractivity contribution in [2.45, 2.75) is 10.9 Å². The highest BCUT2D eigenvalue weighted by Gasteiger charge is 2.22. The fourth-order valence-corrected chi connectivity index (χ4v) is 4.35. The number of morpholine rings is 1. The molecule has 4 aromatic rings. The molecule has 3 heterocycles. The second-order valence-electron chi connectivity index (χ2n) is 7.03. The Bertz CT molecular complexity index is 1140. The lowest BCUT2D eigenvalue weighted by Crippen LogP contribution is -2.37. The summed E-state index contributed by atoms with van der Waals surface area (Å²) >= 11 is 7.54. The van der Waals surface area contributed by atoms with Crippen LogP contribution in [-0.4, -0.2) is 46.2 Å². The van der Waals surface area contributed by atoms with Gasteiger partial charge in [-0.2, -0.15) is 0 Å². The summed E-state index contributed by atoms with van der Waals surface area (Å²) in [6, 6.07) is 19.6. The lowest BCUT2D eigenvalue weighted by molar-refractivity contribution is 0.122. The van der Waals surface area contributed by atoms with E-state index in [1.165, 1.54) is 0 Å². The summed E-state index contributed by atoms with van der Waals surface area (Å²) in [6.07, 6.45) is 0. The van der Waals surface area contributed by atoms with Crippen LogP contribution in [0.5, 0.6) is 0 Å². The van der Waals surface area contributed by atoms with Crippen LogP contribution in [0.25, 0.3) is 16.9 Å². The van der Waals surface area contributed by atoms with Crippen LogP contribution < -0.4 is 4.90 Å². The molecule has 9 heteroatoms. The molecule has 0 aliphatic carbocycles. The van der Waals surface area contributed by atoms with E-state index in [1.807, 2.05) is 48.5 Å². The van der Waals surface area contributed by atoms with Gasteiger partial charge in [0.1, 0.15) is 11.5 Å². The van der Waals surface area contributed by atoms with Crippen LogP contribution in [0.3, 0.4) is 0 Å². The molecule has 0 atom stereocenters. The van der Waals surface area contributed by atoms with Crippen molar-refractivity contribution in [3.05, 3.63) is 71.4 Å². The molecule has 7 nitrogen and oxygen atoms in total. The second kappa shape index (κ2) is 9.13. The number of aromatic nitrogens is 4. The molecule has 158 valence electrons. The molecule has 0 spiro atoms. The molecule has 0 amide bonds. The number of hydrogen-bond acceptors (Lipinski definition) is 7. The molecule has 1 aliphatic rings. The minimum absolute atomic E-state index is 0.592. The average Bonchev–Trinajstić information content (AvgIpc) is 3.47. The van der Waals surface area contributed by atoms with Gasteiger partial charge in [-0.25, -0.2) is 0 Å². The topological polar surface area (TPSA) is 69.2 Å². The van der Waals surface area contributed by atoms with Crippen molar-refractivity contribution in [3.63, 3.8) is 0 Å². The quantitative estimate of drug-likeness (QED) is 0.392. The molecule has 2 aromatic carbocycles. The minimum Gasteiger partial charge on any atom is -0.378 e. The lowest BCUT2D eigenvalue weighted by atomic mass is 10.1. The highest BCUT2D eigenvalue weighted by atomic mass is 35.5. The summed E-state index contributed by atoms with van der Waals surface area (Å²) in [7, 11) is 0. The third-order valence-electron chi connectivity index (χ3n) is 4.97. The van der Waals surface area contributed by atoms with Gasteiger partial charge in [0.05, 0.1) is 24.7 Å². The van der Waals surface area contributed by atoms with Gasteiger partial charge >= 0.3 is 0 Å². The Morgan fingerprint density at radius 1 is 0.968 bits per heavy atom. The third kappa shape index (κ3) is 4.46. The van der Waals surface area contributed by atoms with E-state index in [0.29, 0.717) is 24.0 Å². The minimum atomic E-state index is 0.592. The molecule has 1 fully saturated rings. The van der Waals surface area contributed by atoms with Crippen molar-refractivity contribution in [3.8, 4) is 16.9 Å². The molecule has 1 aliphatic heterocycles. The zero-order chi connectivity index (χ0) is 21.0. The maximum absolute atomic E-state index is 5.97. The van der Waals surface area contributed by atoms with E-state index >= 15 is 0 Å². The SMILES string of the molecule is Clc1ccc(-c2cc(CSc3nnc(N4CCOCC4)n3-c3ccccc3)on2)cc1. The van der Waals surface area contributed by atoms with Crippen molar-refractivity contribution in [1.29, 1.82) is 0 Å². The van der Waals surface area contributed by atoms with Gasteiger partial charge in [0.2, 0.25) is 5.95 Å². The summed E-state index contributed by atoms with van der Waals surface area (Å²) in [4.78, 5) is 2.21. The van der Waals surface area contributed by atoms with Gasteiger partial charge in [-0.1, -0.05) is 58.9 Å². The first-order chi connectivity index (χ1) is 15.3. The second-order valence-corrected chi connectivity index (χ2v) is 8.41. The van der Waals surface area contributed by atoms with E-state index in [9.17, 15) is 0 Å². The van der Waals surface area contributed by atoms with Crippen molar-refractivity contribution in [2.75, 3.05) is 31.2 Å². The molecule has 2 aromatic heterocycles. The van der Waals surface area contributed by atoms with Gasteiger partial charge in [-0.05, 0) is 24.3 Å². The molecule has 31 heavy (non-hydrogen) atoms. The van der Waals surface area contributed by atoms with Crippen molar-refractivity contribution in [2.24, 2.45) is 0 Å². The van der Waals surface area contributed by atoms with Gasteiger partial charge in [0, 0.05) is 29.7 Å². The summed E-state index contributed by atoms with van der Waals surface area (Å²) in [5.74, 6) is 2.19. The van der Waals surface area contributed by atoms with Crippen LogP contribution in [0.1, 0.15) is 5.76 Å². The first-order valence-corrected chi connectivity index (χ1v) is 11.3. The summed E-state index contributed by atoms with van der Waals surface area (Å²) in [5.41, 5.74) is 2.77. The molecule has 0 bridgehead atoms. The number of thioether (sulfide) groups is 1. The van der Waals surface area contributed by atoms with Crippen LogP contribution in [-0.2, 0) is 10.5 Å². The molecule has 1 saturated heterocycles. The van der Waals surface area contributed by atoms with Crippen LogP contribution in [0.4, 0.5) is 5.95 Å². The molecule has 5 rings (SSSR count). The Morgan fingerprint density at radius 2 is 1.74 bits per heavy atom. The number of benzene rings is 2. The fourth-order valence-electron chi connectivity index (χ4n) is 3.40. The smallest absolute Gasteiger partial charge is 0.232 e. The van der Waals surface area contributed by atoms with E-state index in [4.69, 9.17) is 20.9 Å². The molecule has 0 saturated carbocycles. The van der Waals surface area contributed by atoms with Gasteiger partial charge < -0.3 is 14.2 Å².